The quantitative estimate of drug-likeness (QED) is 0.768. The minimum absolute atomic E-state index is 0.235. The van der Waals surface area contributed by atoms with Gasteiger partial charge in [0.25, 0.3) is 0 Å². The van der Waals surface area contributed by atoms with Gasteiger partial charge in [-0.05, 0) is 44.2 Å². The summed E-state index contributed by atoms with van der Waals surface area (Å²) < 4.78 is 5.82. The van der Waals surface area contributed by atoms with E-state index in [-0.39, 0.29) is 5.91 Å². The molecule has 0 unspecified atom stereocenters. The normalized spacial score (nSPS) is 34.2. The van der Waals surface area contributed by atoms with Crippen molar-refractivity contribution >= 4 is 5.91 Å². The van der Waals surface area contributed by atoms with E-state index in [0.29, 0.717) is 30.0 Å². The largest absolute Gasteiger partial charge is 0.379 e. The van der Waals surface area contributed by atoms with Gasteiger partial charge in [0.2, 0.25) is 5.91 Å². The molecule has 3 aliphatic heterocycles. The summed E-state index contributed by atoms with van der Waals surface area (Å²) in [5, 5.41) is 6.82. The zero-order valence-electron chi connectivity index (χ0n) is 14.9. The van der Waals surface area contributed by atoms with Crippen LogP contribution in [0.2, 0.25) is 0 Å². The number of nitrogens with one attached hydrogen (secondary N) is 2. The molecule has 5 nitrogen and oxygen atoms in total. The van der Waals surface area contributed by atoms with E-state index >= 15 is 0 Å². The molecule has 4 rings (SSSR count). The van der Waals surface area contributed by atoms with Gasteiger partial charge in [-0.2, -0.15) is 0 Å². The number of likely N-dealkylation sites (tertiary alicyclic amines) is 1. The number of fused-ring (bicyclic) bond motifs is 2. The lowest BCUT2D eigenvalue weighted by Gasteiger charge is -2.37. The molecule has 3 saturated heterocycles. The van der Waals surface area contributed by atoms with Gasteiger partial charge in [0.1, 0.15) is 0 Å². The van der Waals surface area contributed by atoms with E-state index in [4.69, 9.17) is 4.74 Å². The third kappa shape index (κ3) is 3.35. The Morgan fingerprint density at radius 2 is 1.88 bits per heavy atom. The van der Waals surface area contributed by atoms with Crippen molar-refractivity contribution in [2.45, 2.75) is 63.5 Å². The Labute approximate surface area is 145 Å². The molecule has 2 N–H and O–H groups in total. The third-order valence-electron chi connectivity index (χ3n) is 6.99. The van der Waals surface area contributed by atoms with E-state index in [9.17, 15) is 4.79 Å². The Hall–Kier alpha value is -0.650. The molecule has 1 spiro atoms. The summed E-state index contributed by atoms with van der Waals surface area (Å²) in [6.07, 6.45) is 9.99. The Morgan fingerprint density at radius 1 is 1.12 bits per heavy atom. The van der Waals surface area contributed by atoms with Crippen molar-refractivity contribution in [1.29, 1.82) is 0 Å². The van der Waals surface area contributed by atoms with E-state index in [0.717, 1.165) is 45.7 Å². The number of rotatable bonds is 3. The molecule has 24 heavy (non-hydrogen) atoms. The lowest BCUT2D eigenvalue weighted by atomic mass is 9.70. The topological polar surface area (TPSA) is 53.6 Å². The van der Waals surface area contributed by atoms with Gasteiger partial charge in [-0.15, -0.1) is 0 Å². The van der Waals surface area contributed by atoms with Crippen molar-refractivity contribution in [3.8, 4) is 0 Å². The van der Waals surface area contributed by atoms with E-state index in [1.165, 1.54) is 38.5 Å². The molecule has 4 aliphatic rings. The minimum atomic E-state index is 0.235. The van der Waals surface area contributed by atoms with Crippen LogP contribution in [0.3, 0.4) is 0 Å². The van der Waals surface area contributed by atoms with Gasteiger partial charge < -0.3 is 15.4 Å². The Balaban J connectivity index is 1.36. The second-order valence-electron chi connectivity index (χ2n) is 8.48. The van der Waals surface area contributed by atoms with E-state index in [1.807, 2.05) is 0 Å². The van der Waals surface area contributed by atoms with Crippen LogP contribution in [0.5, 0.6) is 0 Å². The Bertz CT molecular complexity index is 442. The molecule has 5 heteroatoms. The fourth-order valence-corrected chi connectivity index (χ4v) is 5.63. The highest BCUT2D eigenvalue weighted by molar-refractivity contribution is 5.78. The lowest BCUT2D eigenvalue weighted by Crippen LogP contribution is -2.45. The van der Waals surface area contributed by atoms with E-state index < -0.39 is 0 Å². The highest BCUT2D eigenvalue weighted by Crippen LogP contribution is 2.48. The summed E-state index contributed by atoms with van der Waals surface area (Å²) in [7, 11) is 0. The summed E-state index contributed by atoms with van der Waals surface area (Å²) >= 11 is 0. The van der Waals surface area contributed by atoms with Crippen LogP contribution in [0.15, 0.2) is 0 Å². The monoisotopic (exact) mass is 335 g/mol. The average Bonchev–Trinajstić information content (AvgIpc) is 3.07. The first-order valence-electron chi connectivity index (χ1n) is 10.1. The van der Waals surface area contributed by atoms with Crippen LogP contribution in [0.4, 0.5) is 0 Å². The number of hydrogen-bond donors (Lipinski definition) is 2. The van der Waals surface area contributed by atoms with Crippen LogP contribution in [-0.2, 0) is 9.53 Å². The van der Waals surface area contributed by atoms with Crippen molar-refractivity contribution in [1.82, 2.24) is 15.5 Å². The maximum Gasteiger partial charge on any atom is 0.234 e. The van der Waals surface area contributed by atoms with Crippen molar-refractivity contribution in [2.24, 2.45) is 11.3 Å². The zero-order chi connectivity index (χ0) is 16.4. The van der Waals surface area contributed by atoms with Crippen molar-refractivity contribution in [2.75, 3.05) is 39.4 Å². The molecule has 0 aromatic rings. The SMILES string of the molecule is O=C(CN1CC2(CCNCC2)[C@@H]2COC[C@@H]21)NC1CCCCCC1. The summed E-state index contributed by atoms with van der Waals surface area (Å²) in [5.74, 6) is 0.865. The van der Waals surface area contributed by atoms with Gasteiger partial charge in [-0.25, -0.2) is 0 Å². The first-order chi connectivity index (χ1) is 11.8. The number of amides is 1. The van der Waals surface area contributed by atoms with Crippen LogP contribution in [0.1, 0.15) is 51.4 Å². The number of ether oxygens (including phenoxy) is 1. The zero-order valence-corrected chi connectivity index (χ0v) is 14.9. The predicted molar refractivity (Wildman–Crippen MR) is 93.8 cm³/mol. The minimum Gasteiger partial charge on any atom is -0.379 e. The molecule has 2 atom stereocenters. The van der Waals surface area contributed by atoms with Crippen LogP contribution < -0.4 is 10.6 Å². The maximum atomic E-state index is 12.6. The number of hydrogen-bond acceptors (Lipinski definition) is 4. The van der Waals surface area contributed by atoms with Crippen LogP contribution >= 0.6 is 0 Å². The summed E-state index contributed by atoms with van der Waals surface area (Å²) in [5.41, 5.74) is 0.384. The van der Waals surface area contributed by atoms with Crippen molar-refractivity contribution in [3.63, 3.8) is 0 Å². The smallest absolute Gasteiger partial charge is 0.234 e. The van der Waals surface area contributed by atoms with E-state index in [2.05, 4.69) is 15.5 Å². The van der Waals surface area contributed by atoms with Gasteiger partial charge in [0.05, 0.1) is 19.8 Å². The summed E-state index contributed by atoms with van der Waals surface area (Å²) in [6, 6.07) is 0.869. The fourth-order valence-electron chi connectivity index (χ4n) is 5.63. The number of carbonyl (C=O) groups is 1. The highest BCUT2D eigenvalue weighted by atomic mass is 16.5. The predicted octanol–water partition coefficient (Wildman–Crippen LogP) is 1.53. The molecule has 0 bridgehead atoms. The Kier molecular flexibility index (Phi) is 5.11. The fraction of sp³-hybridized carbons (Fsp3) is 0.947. The van der Waals surface area contributed by atoms with Gasteiger partial charge in [-0.3, -0.25) is 9.69 Å². The van der Waals surface area contributed by atoms with Gasteiger partial charge in [0.15, 0.2) is 0 Å². The van der Waals surface area contributed by atoms with Gasteiger partial charge in [-0.1, -0.05) is 25.7 Å². The summed E-state index contributed by atoms with van der Waals surface area (Å²) in [6.45, 7) is 5.60. The average molecular weight is 335 g/mol. The molecule has 0 aromatic heterocycles. The molecule has 0 radical (unpaired) electrons. The molecule has 1 amide bonds. The second-order valence-corrected chi connectivity index (χ2v) is 8.48. The molecule has 136 valence electrons. The van der Waals surface area contributed by atoms with Crippen LogP contribution in [0.25, 0.3) is 0 Å². The number of nitrogens with zero attached hydrogens (tertiary/aromatic N) is 1. The van der Waals surface area contributed by atoms with Crippen molar-refractivity contribution in [3.05, 3.63) is 0 Å². The van der Waals surface area contributed by atoms with Gasteiger partial charge >= 0.3 is 0 Å². The van der Waals surface area contributed by atoms with Gasteiger partial charge in [0, 0.05) is 24.5 Å². The first-order valence-corrected chi connectivity index (χ1v) is 10.1. The molecule has 3 heterocycles. The highest BCUT2D eigenvalue weighted by Gasteiger charge is 2.54. The Morgan fingerprint density at radius 3 is 2.62 bits per heavy atom. The molecule has 1 saturated carbocycles. The standard InChI is InChI=1S/C19H33N3O2/c23-18(21-15-5-3-1-2-4-6-15)11-22-14-19(7-9-20-10-8-19)16-12-24-13-17(16)22/h15-17,20H,1-14H2,(H,21,23)/t16-,17+/m1/s1. The molecular formula is C19H33N3O2. The second kappa shape index (κ2) is 7.30. The number of carbonyl (C=O) groups excluding carboxylic acids is 1. The molecular weight excluding hydrogens is 302 g/mol. The van der Waals surface area contributed by atoms with Crippen molar-refractivity contribution < 1.29 is 9.53 Å². The van der Waals surface area contributed by atoms with Crippen LogP contribution in [0, 0.1) is 11.3 Å². The molecule has 4 fully saturated rings. The maximum absolute atomic E-state index is 12.6. The number of piperidine rings is 1. The van der Waals surface area contributed by atoms with E-state index in [1.54, 1.807) is 0 Å². The first kappa shape index (κ1) is 16.8. The molecule has 0 aromatic carbocycles. The molecule has 1 aliphatic carbocycles. The third-order valence-corrected chi connectivity index (χ3v) is 6.99. The summed E-state index contributed by atoms with van der Waals surface area (Å²) in [4.78, 5) is 15.1. The lowest BCUT2D eigenvalue weighted by molar-refractivity contribution is -0.123. The van der Waals surface area contributed by atoms with Crippen LogP contribution in [-0.4, -0.2) is 62.3 Å².